The van der Waals surface area contributed by atoms with Gasteiger partial charge in [-0.3, -0.25) is 4.79 Å². The van der Waals surface area contributed by atoms with E-state index in [1.165, 1.54) is 0 Å². The first-order valence-electron chi connectivity index (χ1n) is 6.06. The van der Waals surface area contributed by atoms with Gasteiger partial charge in [-0.15, -0.1) is 0 Å². The van der Waals surface area contributed by atoms with E-state index < -0.39 is 0 Å². The number of nitrogens with one attached hydrogen (secondary N) is 1. The van der Waals surface area contributed by atoms with Gasteiger partial charge >= 0.3 is 0 Å². The molecule has 0 fully saturated rings. The van der Waals surface area contributed by atoms with Crippen LogP contribution in [0.3, 0.4) is 0 Å². The molecular weight excluding hydrogens is 242 g/mol. The van der Waals surface area contributed by atoms with Crippen LogP contribution in [0.2, 0.25) is 0 Å². The highest BCUT2D eigenvalue weighted by Gasteiger charge is 2.10. The monoisotopic (exact) mass is 261 g/mol. The molecule has 1 aromatic carbocycles. The third-order valence-corrected chi connectivity index (χ3v) is 2.62. The largest absolute Gasteiger partial charge is 0.383 e. The number of carbonyl (C=O) groups excluding carboxylic acids is 1. The van der Waals surface area contributed by atoms with Gasteiger partial charge in [-0.05, 0) is 25.1 Å². The number of ether oxygens (including phenoxy) is 1. The van der Waals surface area contributed by atoms with E-state index in [9.17, 15) is 4.79 Å². The van der Waals surface area contributed by atoms with Gasteiger partial charge in [-0.1, -0.05) is 6.07 Å². The van der Waals surface area contributed by atoms with Crippen molar-refractivity contribution in [1.29, 1.82) is 5.26 Å². The summed E-state index contributed by atoms with van der Waals surface area (Å²) in [4.78, 5) is 13.6. The van der Waals surface area contributed by atoms with Crippen molar-refractivity contribution in [3.05, 3.63) is 29.8 Å². The summed E-state index contributed by atoms with van der Waals surface area (Å²) in [6.07, 6.45) is 0. The molecule has 102 valence electrons. The highest BCUT2D eigenvalue weighted by Crippen LogP contribution is 2.13. The fraction of sp³-hybridized carbons (Fsp3) is 0.429. The average molecular weight is 261 g/mol. The molecular formula is C14H19N3O2. The SMILES string of the molecule is COCC(C)NC(=O)CN(C)c1cccc(C#N)c1. The van der Waals surface area contributed by atoms with Gasteiger partial charge in [0.05, 0.1) is 24.8 Å². The second kappa shape index (κ2) is 7.39. The molecule has 0 aliphatic carbocycles. The van der Waals surface area contributed by atoms with Crippen molar-refractivity contribution >= 4 is 11.6 Å². The summed E-state index contributed by atoms with van der Waals surface area (Å²) < 4.78 is 4.96. The molecule has 0 aromatic heterocycles. The number of hydrogen-bond donors (Lipinski definition) is 1. The van der Waals surface area contributed by atoms with Gasteiger partial charge < -0.3 is 15.0 Å². The first kappa shape index (κ1) is 15.0. The first-order chi connectivity index (χ1) is 9.06. The maximum atomic E-state index is 11.8. The third-order valence-electron chi connectivity index (χ3n) is 2.62. The summed E-state index contributed by atoms with van der Waals surface area (Å²) in [5, 5.41) is 11.7. The van der Waals surface area contributed by atoms with E-state index in [-0.39, 0.29) is 18.5 Å². The minimum Gasteiger partial charge on any atom is -0.383 e. The number of rotatable bonds is 6. The maximum Gasteiger partial charge on any atom is 0.239 e. The van der Waals surface area contributed by atoms with Crippen molar-refractivity contribution < 1.29 is 9.53 Å². The fourth-order valence-electron chi connectivity index (χ4n) is 1.73. The summed E-state index contributed by atoms with van der Waals surface area (Å²) in [6.45, 7) is 2.61. The van der Waals surface area contributed by atoms with Crippen LogP contribution in [0.15, 0.2) is 24.3 Å². The van der Waals surface area contributed by atoms with Crippen LogP contribution in [-0.4, -0.2) is 39.3 Å². The molecule has 1 amide bonds. The van der Waals surface area contributed by atoms with Crippen LogP contribution in [0.4, 0.5) is 5.69 Å². The number of nitrogens with zero attached hydrogens (tertiary/aromatic N) is 2. The molecule has 5 nitrogen and oxygen atoms in total. The lowest BCUT2D eigenvalue weighted by Gasteiger charge is -2.20. The number of hydrogen-bond acceptors (Lipinski definition) is 4. The van der Waals surface area contributed by atoms with E-state index in [4.69, 9.17) is 10.00 Å². The average Bonchev–Trinajstić information content (AvgIpc) is 2.38. The quantitative estimate of drug-likeness (QED) is 0.834. The summed E-state index contributed by atoms with van der Waals surface area (Å²) >= 11 is 0. The van der Waals surface area contributed by atoms with Crippen LogP contribution < -0.4 is 10.2 Å². The van der Waals surface area contributed by atoms with Gasteiger partial charge in [-0.25, -0.2) is 0 Å². The van der Waals surface area contributed by atoms with Crippen LogP contribution in [0, 0.1) is 11.3 Å². The van der Waals surface area contributed by atoms with Gasteiger partial charge in [0.15, 0.2) is 0 Å². The molecule has 0 spiro atoms. The Kier molecular flexibility index (Phi) is 5.83. The fourth-order valence-corrected chi connectivity index (χ4v) is 1.73. The normalized spacial score (nSPS) is 11.5. The van der Waals surface area contributed by atoms with E-state index in [2.05, 4.69) is 11.4 Å². The Morgan fingerprint density at radius 2 is 2.32 bits per heavy atom. The number of amides is 1. The zero-order chi connectivity index (χ0) is 14.3. The summed E-state index contributed by atoms with van der Waals surface area (Å²) in [6, 6.07) is 9.22. The number of likely N-dealkylation sites (N-methyl/N-ethyl adjacent to an activating group) is 1. The number of nitriles is 1. The Hall–Kier alpha value is -2.06. The minimum absolute atomic E-state index is 0.0173. The lowest BCUT2D eigenvalue weighted by molar-refractivity contribution is -0.120. The maximum absolute atomic E-state index is 11.8. The van der Waals surface area contributed by atoms with E-state index in [1.54, 1.807) is 30.2 Å². The Labute approximate surface area is 113 Å². The lowest BCUT2D eigenvalue weighted by atomic mass is 10.2. The van der Waals surface area contributed by atoms with Gasteiger partial charge in [0.25, 0.3) is 0 Å². The standard InChI is InChI=1S/C14H19N3O2/c1-11(10-19-3)16-14(18)9-17(2)13-6-4-5-12(7-13)8-15/h4-7,11H,9-10H2,1-3H3,(H,16,18). The predicted octanol–water partition coefficient (Wildman–Crippen LogP) is 1.15. The van der Waals surface area contributed by atoms with Gasteiger partial charge in [-0.2, -0.15) is 5.26 Å². The van der Waals surface area contributed by atoms with Crippen molar-refractivity contribution in [2.45, 2.75) is 13.0 Å². The third kappa shape index (κ3) is 4.98. The second-order valence-corrected chi connectivity index (χ2v) is 4.44. The Balaban J connectivity index is 2.56. The molecule has 0 saturated carbocycles. The zero-order valence-corrected chi connectivity index (χ0v) is 11.5. The summed E-state index contributed by atoms with van der Waals surface area (Å²) in [5.41, 5.74) is 1.42. The zero-order valence-electron chi connectivity index (χ0n) is 11.5. The number of benzene rings is 1. The highest BCUT2D eigenvalue weighted by atomic mass is 16.5. The van der Waals surface area contributed by atoms with Crippen LogP contribution >= 0.6 is 0 Å². The Morgan fingerprint density at radius 3 is 2.95 bits per heavy atom. The lowest BCUT2D eigenvalue weighted by Crippen LogP contribution is -2.41. The smallest absolute Gasteiger partial charge is 0.239 e. The molecule has 19 heavy (non-hydrogen) atoms. The number of methoxy groups -OCH3 is 1. The van der Waals surface area contributed by atoms with E-state index >= 15 is 0 Å². The minimum atomic E-state index is -0.0746. The molecule has 1 rings (SSSR count). The topological polar surface area (TPSA) is 65.4 Å². The van der Waals surface area contributed by atoms with E-state index in [0.29, 0.717) is 12.2 Å². The summed E-state index contributed by atoms with van der Waals surface area (Å²) in [7, 11) is 3.42. The van der Waals surface area contributed by atoms with Gasteiger partial charge in [0.2, 0.25) is 5.91 Å². The van der Waals surface area contributed by atoms with Crippen molar-refractivity contribution in [3.63, 3.8) is 0 Å². The number of anilines is 1. The molecule has 1 aromatic rings. The Bertz CT molecular complexity index is 468. The molecule has 0 aliphatic rings. The molecule has 0 radical (unpaired) electrons. The van der Waals surface area contributed by atoms with Crippen molar-refractivity contribution in [2.24, 2.45) is 0 Å². The molecule has 1 N–H and O–H groups in total. The first-order valence-corrected chi connectivity index (χ1v) is 6.06. The van der Waals surface area contributed by atoms with Crippen molar-refractivity contribution in [2.75, 3.05) is 32.2 Å². The van der Waals surface area contributed by atoms with Gasteiger partial charge in [0.1, 0.15) is 0 Å². The molecule has 0 saturated heterocycles. The second-order valence-electron chi connectivity index (χ2n) is 4.44. The Morgan fingerprint density at radius 1 is 1.58 bits per heavy atom. The van der Waals surface area contributed by atoms with Crippen LogP contribution in [0.5, 0.6) is 0 Å². The molecule has 5 heteroatoms. The molecule has 1 unspecified atom stereocenters. The van der Waals surface area contributed by atoms with E-state index in [0.717, 1.165) is 5.69 Å². The summed E-state index contributed by atoms with van der Waals surface area (Å²) in [5.74, 6) is -0.0746. The highest BCUT2D eigenvalue weighted by molar-refractivity contribution is 5.81. The van der Waals surface area contributed by atoms with Crippen LogP contribution in [-0.2, 0) is 9.53 Å². The van der Waals surface area contributed by atoms with Crippen LogP contribution in [0.1, 0.15) is 12.5 Å². The van der Waals surface area contributed by atoms with E-state index in [1.807, 2.05) is 20.0 Å². The van der Waals surface area contributed by atoms with Crippen LogP contribution in [0.25, 0.3) is 0 Å². The molecule has 1 atom stereocenters. The van der Waals surface area contributed by atoms with Crippen molar-refractivity contribution in [1.82, 2.24) is 5.32 Å². The van der Waals surface area contributed by atoms with Gasteiger partial charge in [0, 0.05) is 25.9 Å². The molecule has 0 heterocycles. The van der Waals surface area contributed by atoms with Crippen molar-refractivity contribution in [3.8, 4) is 6.07 Å². The molecule has 0 aliphatic heterocycles. The predicted molar refractivity (Wildman–Crippen MR) is 73.9 cm³/mol. The molecule has 0 bridgehead atoms. The number of carbonyl (C=O) groups is 1.